The standard InChI is InChI=1S/C27H46O2/c1-16(2)13-23(28)17(3)20-7-8-21-19-14-24(29-6)27-15-18(27)9-12-26(27,5)22(19)10-11-25(20,21)4/h16-24,28H,7-15H2,1-6H3/t17-,18-,19-,20?,21-,22-,23-,24+,25+,26+,27-/m0/s1. The van der Waals surface area contributed by atoms with Crippen molar-refractivity contribution in [3.05, 3.63) is 0 Å². The SMILES string of the molecule is CO[C@@H]1C[C@H]2[C@@H]3CCC([C@H](C)[C@@H](O)CC(C)C)[C@@]3(C)CC[C@@H]2[C@@]2(C)CC[C@H]3C[C@]312. The van der Waals surface area contributed by atoms with Gasteiger partial charge in [-0.2, -0.15) is 0 Å². The van der Waals surface area contributed by atoms with Gasteiger partial charge < -0.3 is 9.84 Å². The van der Waals surface area contributed by atoms with E-state index in [-0.39, 0.29) is 6.10 Å². The number of methoxy groups -OCH3 is 1. The lowest BCUT2D eigenvalue weighted by Gasteiger charge is -2.61. The highest BCUT2D eigenvalue weighted by Crippen LogP contribution is 2.82. The Bertz CT molecular complexity index is 644. The Morgan fingerprint density at radius 3 is 2.41 bits per heavy atom. The maximum Gasteiger partial charge on any atom is 0.0638 e. The van der Waals surface area contributed by atoms with Crippen LogP contribution in [0.5, 0.6) is 0 Å². The van der Waals surface area contributed by atoms with Gasteiger partial charge in [0.2, 0.25) is 0 Å². The third kappa shape index (κ3) is 2.60. The fourth-order valence-electron chi connectivity index (χ4n) is 10.4. The van der Waals surface area contributed by atoms with E-state index in [9.17, 15) is 5.11 Å². The summed E-state index contributed by atoms with van der Waals surface area (Å²) in [5.41, 5.74) is 1.50. The first-order valence-corrected chi connectivity index (χ1v) is 12.9. The second-order valence-corrected chi connectivity index (χ2v) is 13.0. The van der Waals surface area contributed by atoms with Crippen molar-refractivity contribution in [3.8, 4) is 0 Å². The van der Waals surface area contributed by atoms with Crippen LogP contribution in [0.4, 0.5) is 0 Å². The van der Waals surface area contributed by atoms with E-state index in [1.165, 1.54) is 51.4 Å². The van der Waals surface area contributed by atoms with Crippen molar-refractivity contribution < 1.29 is 9.84 Å². The molecule has 29 heavy (non-hydrogen) atoms. The summed E-state index contributed by atoms with van der Waals surface area (Å²) in [4.78, 5) is 0. The maximum absolute atomic E-state index is 10.9. The molecule has 2 heteroatoms. The summed E-state index contributed by atoms with van der Waals surface area (Å²) >= 11 is 0. The van der Waals surface area contributed by atoms with Gasteiger partial charge in [0.05, 0.1) is 12.2 Å². The van der Waals surface area contributed by atoms with Crippen LogP contribution in [0.1, 0.15) is 92.4 Å². The molecule has 5 aliphatic carbocycles. The van der Waals surface area contributed by atoms with Gasteiger partial charge >= 0.3 is 0 Å². The van der Waals surface area contributed by atoms with E-state index in [0.29, 0.717) is 40.1 Å². The second-order valence-electron chi connectivity index (χ2n) is 13.0. The highest BCUT2D eigenvalue weighted by molar-refractivity contribution is 5.26. The molecule has 5 fully saturated rings. The van der Waals surface area contributed by atoms with Gasteiger partial charge in [0, 0.05) is 12.5 Å². The van der Waals surface area contributed by atoms with E-state index in [4.69, 9.17) is 4.74 Å². The van der Waals surface area contributed by atoms with Crippen LogP contribution in [0.25, 0.3) is 0 Å². The molecule has 1 N–H and O–H groups in total. The zero-order valence-corrected chi connectivity index (χ0v) is 19.9. The molecule has 0 saturated heterocycles. The quantitative estimate of drug-likeness (QED) is 0.583. The molecule has 0 bridgehead atoms. The molecule has 0 aliphatic heterocycles. The maximum atomic E-state index is 10.9. The van der Waals surface area contributed by atoms with Gasteiger partial charge in [0.25, 0.3) is 0 Å². The normalized spacial score (nSPS) is 55.0. The molecule has 0 aromatic heterocycles. The molecule has 1 unspecified atom stereocenters. The summed E-state index contributed by atoms with van der Waals surface area (Å²) in [5.74, 6) is 5.32. The molecule has 0 aromatic carbocycles. The molecule has 0 heterocycles. The topological polar surface area (TPSA) is 29.5 Å². The highest BCUT2D eigenvalue weighted by Gasteiger charge is 2.77. The predicted molar refractivity (Wildman–Crippen MR) is 118 cm³/mol. The number of ether oxygens (including phenoxy) is 1. The first kappa shape index (κ1) is 20.8. The summed E-state index contributed by atoms with van der Waals surface area (Å²) in [6.07, 6.45) is 12.6. The average Bonchev–Trinajstić information content (AvgIpc) is 3.18. The first-order chi connectivity index (χ1) is 13.7. The molecule has 5 aliphatic rings. The van der Waals surface area contributed by atoms with Gasteiger partial charge in [-0.1, -0.05) is 34.6 Å². The van der Waals surface area contributed by atoms with E-state index in [1.807, 2.05) is 7.11 Å². The molecule has 166 valence electrons. The molecule has 2 nitrogen and oxygen atoms in total. The molecular formula is C27H46O2. The van der Waals surface area contributed by atoms with Crippen LogP contribution in [0.15, 0.2) is 0 Å². The van der Waals surface area contributed by atoms with Crippen LogP contribution >= 0.6 is 0 Å². The third-order valence-corrected chi connectivity index (χ3v) is 11.9. The number of hydrogen-bond donors (Lipinski definition) is 1. The van der Waals surface area contributed by atoms with E-state index >= 15 is 0 Å². The summed E-state index contributed by atoms with van der Waals surface area (Å²) in [6.45, 7) is 12.1. The summed E-state index contributed by atoms with van der Waals surface area (Å²) in [6, 6.07) is 0. The summed E-state index contributed by atoms with van der Waals surface area (Å²) in [5, 5.41) is 10.9. The highest BCUT2D eigenvalue weighted by atomic mass is 16.5. The second kappa shape index (κ2) is 6.71. The molecule has 0 amide bonds. The molecule has 5 rings (SSSR count). The van der Waals surface area contributed by atoms with Crippen LogP contribution in [0.3, 0.4) is 0 Å². The van der Waals surface area contributed by atoms with E-state index in [1.54, 1.807) is 0 Å². The molecule has 5 saturated carbocycles. The Labute approximate surface area is 179 Å². The fourth-order valence-corrected chi connectivity index (χ4v) is 10.4. The lowest BCUT2D eigenvalue weighted by atomic mass is 9.45. The monoisotopic (exact) mass is 402 g/mol. The lowest BCUT2D eigenvalue weighted by Crippen LogP contribution is -2.57. The van der Waals surface area contributed by atoms with Crippen LogP contribution in [0.2, 0.25) is 0 Å². The number of rotatable bonds is 5. The van der Waals surface area contributed by atoms with Crippen molar-refractivity contribution in [2.75, 3.05) is 7.11 Å². The van der Waals surface area contributed by atoms with Crippen LogP contribution < -0.4 is 0 Å². The van der Waals surface area contributed by atoms with Crippen molar-refractivity contribution in [2.45, 2.75) is 105 Å². The third-order valence-electron chi connectivity index (χ3n) is 11.9. The predicted octanol–water partition coefficient (Wildman–Crippen LogP) is 6.31. The fraction of sp³-hybridized carbons (Fsp3) is 1.00. The zero-order valence-electron chi connectivity index (χ0n) is 19.9. The van der Waals surface area contributed by atoms with E-state index < -0.39 is 0 Å². The Kier molecular flexibility index (Phi) is 4.81. The molecule has 1 spiro atoms. The minimum absolute atomic E-state index is 0.130. The first-order valence-electron chi connectivity index (χ1n) is 12.9. The number of aliphatic hydroxyl groups is 1. The average molecular weight is 403 g/mol. The smallest absolute Gasteiger partial charge is 0.0638 e. The summed E-state index contributed by atoms with van der Waals surface area (Å²) < 4.78 is 6.26. The summed E-state index contributed by atoms with van der Waals surface area (Å²) in [7, 11) is 2.00. The van der Waals surface area contributed by atoms with Crippen molar-refractivity contribution in [2.24, 2.45) is 57.7 Å². The number of fused-ring (bicyclic) bond motifs is 4. The minimum Gasteiger partial charge on any atom is -0.393 e. The largest absolute Gasteiger partial charge is 0.393 e. The Balaban J connectivity index is 1.41. The van der Waals surface area contributed by atoms with Crippen LogP contribution in [-0.4, -0.2) is 24.4 Å². The van der Waals surface area contributed by atoms with Gasteiger partial charge in [-0.05, 0) is 110 Å². The van der Waals surface area contributed by atoms with Gasteiger partial charge in [-0.15, -0.1) is 0 Å². The van der Waals surface area contributed by atoms with Crippen molar-refractivity contribution in [1.29, 1.82) is 0 Å². The van der Waals surface area contributed by atoms with E-state index in [2.05, 4.69) is 34.6 Å². The molecular weight excluding hydrogens is 356 g/mol. The van der Waals surface area contributed by atoms with Crippen molar-refractivity contribution >= 4 is 0 Å². The Hall–Kier alpha value is -0.0800. The molecule has 0 aromatic rings. The minimum atomic E-state index is -0.130. The zero-order chi connectivity index (χ0) is 20.8. The molecule has 0 radical (unpaired) electrons. The van der Waals surface area contributed by atoms with Crippen LogP contribution in [-0.2, 0) is 4.74 Å². The Morgan fingerprint density at radius 1 is 1.00 bits per heavy atom. The van der Waals surface area contributed by atoms with Gasteiger partial charge in [0.15, 0.2) is 0 Å². The van der Waals surface area contributed by atoms with Gasteiger partial charge in [0.1, 0.15) is 0 Å². The van der Waals surface area contributed by atoms with E-state index in [0.717, 1.165) is 30.1 Å². The molecule has 11 atom stereocenters. The van der Waals surface area contributed by atoms with Gasteiger partial charge in [-0.3, -0.25) is 0 Å². The number of hydrogen-bond acceptors (Lipinski definition) is 2. The van der Waals surface area contributed by atoms with Crippen molar-refractivity contribution in [3.63, 3.8) is 0 Å². The van der Waals surface area contributed by atoms with Crippen molar-refractivity contribution in [1.82, 2.24) is 0 Å². The lowest BCUT2D eigenvalue weighted by molar-refractivity contribution is -0.162. The van der Waals surface area contributed by atoms with Crippen LogP contribution in [0, 0.1) is 57.7 Å². The van der Waals surface area contributed by atoms with Gasteiger partial charge in [-0.25, -0.2) is 0 Å². The Morgan fingerprint density at radius 2 is 1.76 bits per heavy atom. The number of aliphatic hydroxyl groups excluding tert-OH is 1.